The van der Waals surface area contributed by atoms with Crippen LogP contribution in [0.15, 0.2) is 24.3 Å². The Labute approximate surface area is 95.3 Å². The summed E-state index contributed by atoms with van der Waals surface area (Å²) in [4.78, 5) is 4.47. The third-order valence-corrected chi connectivity index (χ3v) is 2.46. The Morgan fingerprint density at radius 2 is 2.12 bits per heavy atom. The lowest BCUT2D eigenvalue weighted by molar-refractivity contribution is 0.343. The van der Waals surface area contributed by atoms with Gasteiger partial charge in [0.15, 0.2) is 0 Å². The SMILES string of the molecule is C#Cc1c(C)nc2ccccc2c1OCC. The molecule has 0 aliphatic carbocycles. The number of benzene rings is 1. The number of hydrogen-bond donors (Lipinski definition) is 0. The van der Waals surface area contributed by atoms with Crippen LogP contribution < -0.4 is 4.74 Å². The number of ether oxygens (including phenoxy) is 1. The molecule has 2 nitrogen and oxygen atoms in total. The quantitative estimate of drug-likeness (QED) is 0.712. The Kier molecular flexibility index (Phi) is 2.78. The van der Waals surface area contributed by atoms with Crippen LogP contribution in [0.25, 0.3) is 10.9 Å². The molecule has 0 saturated carbocycles. The lowest BCUT2D eigenvalue weighted by Crippen LogP contribution is -1.99. The Morgan fingerprint density at radius 1 is 1.38 bits per heavy atom. The molecule has 0 radical (unpaired) electrons. The average molecular weight is 211 g/mol. The summed E-state index contributed by atoms with van der Waals surface area (Å²) in [5.41, 5.74) is 2.51. The van der Waals surface area contributed by atoms with Crippen molar-refractivity contribution in [3.63, 3.8) is 0 Å². The first-order valence-electron chi connectivity index (χ1n) is 5.26. The number of fused-ring (bicyclic) bond motifs is 1. The number of para-hydroxylation sites is 1. The maximum absolute atomic E-state index is 5.64. The summed E-state index contributed by atoms with van der Waals surface area (Å²) in [6.07, 6.45) is 5.50. The first-order chi connectivity index (χ1) is 7.77. The van der Waals surface area contributed by atoms with Crippen LogP contribution in [-0.2, 0) is 0 Å². The molecule has 1 heterocycles. The average Bonchev–Trinajstić information content (AvgIpc) is 2.29. The van der Waals surface area contributed by atoms with Crippen molar-refractivity contribution in [1.29, 1.82) is 0 Å². The maximum Gasteiger partial charge on any atom is 0.146 e. The molecule has 0 fully saturated rings. The molecule has 0 bridgehead atoms. The van der Waals surface area contributed by atoms with E-state index in [1.54, 1.807) is 0 Å². The molecule has 2 rings (SSSR count). The van der Waals surface area contributed by atoms with Gasteiger partial charge in [-0.1, -0.05) is 18.1 Å². The number of rotatable bonds is 2. The van der Waals surface area contributed by atoms with E-state index in [1.165, 1.54) is 0 Å². The topological polar surface area (TPSA) is 22.1 Å². The number of nitrogens with zero attached hydrogens (tertiary/aromatic N) is 1. The smallest absolute Gasteiger partial charge is 0.146 e. The van der Waals surface area contributed by atoms with Gasteiger partial charge in [-0.3, -0.25) is 4.98 Å². The van der Waals surface area contributed by atoms with Gasteiger partial charge in [0, 0.05) is 5.39 Å². The fourth-order valence-electron chi connectivity index (χ4n) is 1.76. The summed E-state index contributed by atoms with van der Waals surface area (Å²) in [6, 6.07) is 7.86. The van der Waals surface area contributed by atoms with Gasteiger partial charge >= 0.3 is 0 Å². The largest absolute Gasteiger partial charge is 0.492 e. The van der Waals surface area contributed by atoms with Crippen molar-refractivity contribution in [1.82, 2.24) is 4.98 Å². The molecule has 0 unspecified atom stereocenters. The normalized spacial score (nSPS) is 10.1. The minimum atomic E-state index is 0.599. The summed E-state index contributed by atoms with van der Waals surface area (Å²) in [6.45, 7) is 4.46. The Balaban J connectivity index is 2.83. The van der Waals surface area contributed by atoms with Crippen molar-refractivity contribution in [2.75, 3.05) is 6.61 Å². The van der Waals surface area contributed by atoms with Crippen LogP contribution in [0.5, 0.6) is 5.75 Å². The van der Waals surface area contributed by atoms with E-state index in [0.29, 0.717) is 6.61 Å². The second-order valence-electron chi connectivity index (χ2n) is 3.50. The highest BCUT2D eigenvalue weighted by atomic mass is 16.5. The van der Waals surface area contributed by atoms with Crippen molar-refractivity contribution in [2.45, 2.75) is 13.8 Å². The van der Waals surface area contributed by atoms with E-state index < -0.39 is 0 Å². The highest BCUT2D eigenvalue weighted by Crippen LogP contribution is 2.29. The Morgan fingerprint density at radius 3 is 2.81 bits per heavy atom. The van der Waals surface area contributed by atoms with Crippen LogP contribution in [0.4, 0.5) is 0 Å². The molecule has 0 aliphatic rings. The predicted molar refractivity (Wildman–Crippen MR) is 65.6 cm³/mol. The minimum absolute atomic E-state index is 0.599. The molecule has 16 heavy (non-hydrogen) atoms. The van der Waals surface area contributed by atoms with Crippen molar-refractivity contribution in [3.05, 3.63) is 35.5 Å². The summed E-state index contributed by atoms with van der Waals surface area (Å²) in [5, 5.41) is 0.975. The van der Waals surface area contributed by atoms with Gasteiger partial charge in [-0.25, -0.2) is 0 Å². The van der Waals surface area contributed by atoms with Gasteiger partial charge in [-0.2, -0.15) is 0 Å². The zero-order chi connectivity index (χ0) is 11.5. The lowest BCUT2D eigenvalue weighted by Gasteiger charge is -2.11. The number of aryl methyl sites for hydroxylation is 1. The highest BCUT2D eigenvalue weighted by molar-refractivity contribution is 5.88. The molecule has 0 amide bonds. The van der Waals surface area contributed by atoms with E-state index >= 15 is 0 Å². The summed E-state index contributed by atoms with van der Waals surface area (Å²) < 4.78 is 5.64. The van der Waals surface area contributed by atoms with Crippen LogP contribution in [0, 0.1) is 19.3 Å². The van der Waals surface area contributed by atoms with E-state index in [2.05, 4.69) is 10.9 Å². The van der Waals surface area contributed by atoms with Gasteiger partial charge in [0.05, 0.1) is 23.4 Å². The predicted octanol–water partition coefficient (Wildman–Crippen LogP) is 2.92. The Bertz CT molecular complexity index is 567. The van der Waals surface area contributed by atoms with Gasteiger partial charge in [0.25, 0.3) is 0 Å². The molecule has 0 atom stereocenters. The molecule has 0 N–H and O–H groups in total. The van der Waals surface area contributed by atoms with E-state index in [9.17, 15) is 0 Å². The number of pyridine rings is 1. The Hall–Kier alpha value is -2.01. The molecule has 80 valence electrons. The van der Waals surface area contributed by atoms with Crippen LogP contribution in [0.3, 0.4) is 0 Å². The molecule has 0 spiro atoms. The van der Waals surface area contributed by atoms with Crippen LogP contribution in [0.2, 0.25) is 0 Å². The summed E-state index contributed by atoms with van der Waals surface area (Å²) in [7, 11) is 0. The zero-order valence-corrected chi connectivity index (χ0v) is 9.45. The fourth-order valence-corrected chi connectivity index (χ4v) is 1.76. The van der Waals surface area contributed by atoms with Crippen LogP contribution in [-0.4, -0.2) is 11.6 Å². The van der Waals surface area contributed by atoms with E-state index in [-0.39, 0.29) is 0 Å². The van der Waals surface area contributed by atoms with Crippen molar-refractivity contribution < 1.29 is 4.74 Å². The van der Waals surface area contributed by atoms with Crippen molar-refractivity contribution >= 4 is 10.9 Å². The van der Waals surface area contributed by atoms with Crippen molar-refractivity contribution in [3.8, 4) is 18.1 Å². The van der Waals surface area contributed by atoms with Crippen molar-refractivity contribution in [2.24, 2.45) is 0 Å². The van der Waals surface area contributed by atoms with E-state index in [4.69, 9.17) is 11.2 Å². The monoisotopic (exact) mass is 211 g/mol. The molecule has 0 saturated heterocycles. The molecular formula is C14H13NO. The summed E-state index contributed by atoms with van der Waals surface area (Å²) in [5.74, 6) is 3.42. The van der Waals surface area contributed by atoms with E-state index in [0.717, 1.165) is 27.9 Å². The zero-order valence-electron chi connectivity index (χ0n) is 9.45. The molecule has 1 aromatic heterocycles. The van der Waals surface area contributed by atoms with Gasteiger partial charge in [0.2, 0.25) is 0 Å². The van der Waals surface area contributed by atoms with E-state index in [1.807, 2.05) is 38.1 Å². The van der Waals surface area contributed by atoms with Gasteiger partial charge in [0.1, 0.15) is 5.75 Å². The number of hydrogen-bond acceptors (Lipinski definition) is 2. The van der Waals surface area contributed by atoms with Gasteiger partial charge < -0.3 is 4.74 Å². The minimum Gasteiger partial charge on any atom is -0.492 e. The molecule has 1 aromatic carbocycles. The van der Waals surface area contributed by atoms with Gasteiger partial charge in [-0.05, 0) is 26.0 Å². The molecule has 2 heteroatoms. The first kappa shape index (κ1) is 10.5. The van der Waals surface area contributed by atoms with Crippen LogP contribution in [0.1, 0.15) is 18.2 Å². The second-order valence-corrected chi connectivity index (χ2v) is 3.50. The standard InChI is InChI=1S/C14H13NO/c1-4-11-10(3)15-13-9-7-6-8-12(13)14(11)16-5-2/h1,6-9H,5H2,2-3H3. The second kappa shape index (κ2) is 4.24. The maximum atomic E-state index is 5.64. The highest BCUT2D eigenvalue weighted by Gasteiger charge is 2.11. The third-order valence-electron chi connectivity index (χ3n) is 2.46. The lowest BCUT2D eigenvalue weighted by atomic mass is 10.1. The third kappa shape index (κ3) is 1.61. The molecule has 0 aliphatic heterocycles. The fraction of sp³-hybridized carbons (Fsp3) is 0.214. The molecule has 2 aromatic rings. The van der Waals surface area contributed by atoms with Gasteiger partial charge in [-0.15, -0.1) is 6.42 Å². The first-order valence-corrected chi connectivity index (χ1v) is 5.26. The van der Waals surface area contributed by atoms with Crippen LogP contribution >= 0.6 is 0 Å². The number of terminal acetylenes is 1. The molecular weight excluding hydrogens is 198 g/mol. The number of aromatic nitrogens is 1. The summed E-state index contributed by atoms with van der Waals surface area (Å²) >= 11 is 0.